The molecule has 0 aliphatic carbocycles. The van der Waals surface area contributed by atoms with Crippen molar-refractivity contribution in [1.29, 1.82) is 0 Å². The highest BCUT2D eigenvalue weighted by Gasteiger charge is 2.34. The summed E-state index contributed by atoms with van der Waals surface area (Å²) in [5.41, 5.74) is 0.400. The molecule has 2 aliphatic heterocycles. The summed E-state index contributed by atoms with van der Waals surface area (Å²) >= 11 is 0. The van der Waals surface area contributed by atoms with E-state index in [1.807, 2.05) is 18.2 Å². The van der Waals surface area contributed by atoms with E-state index in [1.165, 1.54) is 11.0 Å². The average molecular weight is 412 g/mol. The molecule has 0 unspecified atom stereocenters. The van der Waals surface area contributed by atoms with Crippen LogP contribution >= 0.6 is 0 Å². The highest BCUT2D eigenvalue weighted by molar-refractivity contribution is 5.94. The van der Waals surface area contributed by atoms with E-state index in [9.17, 15) is 14.7 Å². The Kier molecular flexibility index (Phi) is 5.51. The van der Waals surface area contributed by atoms with E-state index < -0.39 is 22.8 Å². The second kappa shape index (κ2) is 8.10. The Labute approximate surface area is 175 Å². The number of hydrogen-bond donors (Lipinski definition) is 2. The van der Waals surface area contributed by atoms with Gasteiger partial charge in [0.25, 0.3) is 11.5 Å². The zero-order valence-corrected chi connectivity index (χ0v) is 17.5. The second-order valence-corrected chi connectivity index (χ2v) is 8.31. The van der Waals surface area contributed by atoms with Crippen molar-refractivity contribution in [2.24, 2.45) is 0 Å². The molecule has 3 heterocycles. The molecule has 4 rings (SSSR count). The van der Waals surface area contributed by atoms with Crippen LogP contribution in [-0.2, 0) is 23.4 Å². The normalized spacial score (nSPS) is 18.0. The number of fused-ring (bicyclic) bond motifs is 1. The molecule has 1 saturated heterocycles. The topological polar surface area (TPSA) is 96.7 Å². The van der Waals surface area contributed by atoms with Gasteiger partial charge < -0.3 is 20.1 Å². The minimum absolute atomic E-state index is 0.264. The molecule has 8 heteroatoms. The molecule has 2 aromatic rings. The number of aromatic hydroxyl groups is 1. The Morgan fingerprint density at radius 3 is 2.70 bits per heavy atom. The van der Waals surface area contributed by atoms with E-state index in [0.29, 0.717) is 19.0 Å². The fraction of sp³-hybridized carbons (Fsp3) is 0.500. The number of nitrogens with one attached hydrogen (secondary N) is 1. The molecule has 2 N–H and O–H groups in total. The standard InChI is InChI=1S/C22H28N4O4/c1-22(2)21-24-17(18(27)20(29)26(21)12-13-30-22)19(28)23-14-15-8-4-5-9-16(15)25-10-6-3-7-11-25/h4-5,8-9,27H,3,6-7,10-14H2,1-2H3,(H,23,28). The Morgan fingerprint density at radius 2 is 1.93 bits per heavy atom. The fourth-order valence-corrected chi connectivity index (χ4v) is 4.19. The number of piperidine rings is 1. The highest BCUT2D eigenvalue weighted by Crippen LogP contribution is 2.28. The number of benzene rings is 1. The summed E-state index contributed by atoms with van der Waals surface area (Å²) in [5, 5.41) is 13.2. The van der Waals surface area contributed by atoms with E-state index in [0.717, 1.165) is 37.2 Å². The SMILES string of the molecule is CC1(C)OCCn2c1nc(C(=O)NCc1ccccc1N1CCCCC1)c(O)c2=O. The summed E-state index contributed by atoms with van der Waals surface area (Å²) in [7, 11) is 0. The molecular formula is C22H28N4O4. The first-order valence-corrected chi connectivity index (χ1v) is 10.5. The zero-order chi connectivity index (χ0) is 21.3. The Balaban J connectivity index is 1.57. The minimum atomic E-state index is -0.818. The molecule has 1 aromatic heterocycles. The van der Waals surface area contributed by atoms with Gasteiger partial charge in [0.05, 0.1) is 13.2 Å². The Morgan fingerprint density at radius 1 is 1.20 bits per heavy atom. The van der Waals surface area contributed by atoms with Crippen LogP contribution in [0.5, 0.6) is 5.75 Å². The van der Waals surface area contributed by atoms with Crippen molar-refractivity contribution in [3.05, 3.63) is 51.7 Å². The monoisotopic (exact) mass is 412 g/mol. The lowest BCUT2D eigenvalue weighted by molar-refractivity contribution is -0.0566. The van der Waals surface area contributed by atoms with Gasteiger partial charge in [0.15, 0.2) is 5.69 Å². The van der Waals surface area contributed by atoms with Crippen molar-refractivity contribution < 1.29 is 14.6 Å². The van der Waals surface area contributed by atoms with Gasteiger partial charge in [0.2, 0.25) is 5.75 Å². The van der Waals surface area contributed by atoms with Gasteiger partial charge in [-0.2, -0.15) is 0 Å². The third-order valence-electron chi connectivity index (χ3n) is 5.80. The molecular weight excluding hydrogens is 384 g/mol. The van der Waals surface area contributed by atoms with Crippen LogP contribution in [0, 0.1) is 0 Å². The first kappa shape index (κ1) is 20.4. The van der Waals surface area contributed by atoms with Crippen molar-refractivity contribution in [2.45, 2.75) is 51.8 Å². The van der Waals surface area contributed by atoms with Gasteiger partial charge in [-0.25, -0.2) is 4.98 Å². The smallest absolute Gasteiger partial charge is 0.296 e. The molecule has 1 fully saturated rings. The Hall–Kier alpha value is -2.87. The van der Waals surface area contributed by atoms with Crippen molar-refractivity contribution in [3.8, 4) is 5.75 Å². The van der Waals surface area contributed by atoms with Crippen LogP contribution in [0.25, 0.3) is 0 Å². The third kappa shape index (κ3) is 3.79. The number of aromatic nitrogens is 2. The molecule has 0 bridgehead atoms. The van der Waals surface area contributed by atoms with Gasteiger partial charge >= 0.3 is 0 Å². The largest absolute Gasteiger partial charge is 0.501 e. The average Bonchev–Trinajstić information content (AvgIpc) is 2.75. The van der Waals surface area contributed by atoms with Gasteiger partial charge in [-0.3, -0.25) is 14.2 Å². The van der Waals surface area contributed by atoms with Gasteiger partial charge in [-0.15, -0.1) is 0 Å². The van der Waals surface area contributed by atoms with Crippen molar-refractivity contribution in [1.82, 2.24) is 14.9 Å². The van der Waals surface area contributed by atoms with Gasteiger partial charge in [0, 0.05) is 25.3 Å². The third-order valence-corrected chi connectivity index (χ3v) is 5.80. The van der Waals surface area contributed by atoms with Crippen LogP contribution in [0.15, 0.2) is 29.1 Å². The van der Waals surface area contributed by atoms with E-state index in [1.54, 1.807) is 13.8 Å². The maximum Gasteiger partial charge on any atom is 0.296 e. The number of para-hydroxylation sites is 1. The number of ether oxygens (including phenoxy) is 1. The fourth-order valence-electron chi connectivity index (χ4n) is 4.19. The first-order valence-electron chi connectivity index (χ1n) is 10.5. The summed E-state index contributed by atoms with van der Waals surface area (Å²) in [6, 6.07) is 7.98. The lowest BCUT2D eigenvalue weighted by Crippen LogP contribution is -2.42. The molecule has 0 atom stereocenters. The van der Waals surface area contributed by atoms with E-state index in [2.05, 4.69) is 21.3 Å². The van der Waals surface area contributed by atoms with E-state index in [4.69, 9.17) is 4.74 Å². The van der Waals surface area contributed by atoms with Gasteiger partial charge in [-0.1, -0.05) is 18.2 Å². The molecule has 8 nitrogen and oxygen atoms in total. The number of nitrogens with zero attached hydrogens (tertiary/aromatic N) is 3. The number of carbonyl (C=O) groups is 1. The van der Waals surface area contributed by atoms with Crippen molar-refractivity contribution >= 4 is 11.6 Å². The molecule has 160 valence electrons. The van der Waals surface area contributed by atoms with Crippen molar-refractivity contribution in [2.75, 3.05) is 24.6 Å². The van der Waals surface area contributed by atoms with Gasteiger partial charge in [-0.05, 0) is 44.7 Å². The number of hydrogen-bond acceptors (Lipinski definition) is 6. The summed E-state index contributed by atoms with van der Waals surface area (Å²) in [6.45, 7) is 6.51. The van der Waals surface area contributed by atoms with Crippen LogP contribution in [0.2, 0.25) is 0 Å². The van der Waals surface area contributed by atoms with Crippen LogP contribution < -0.4 is 15.8 Å². The van der Waals surface area contributed by atoms with Gasteiger partial charge in [0.1, 0.15) is 11.4 Å². The molecule has 0 saturated carbocycles. The Bertz CT molecular complexity index is 1010. The molecule has 30 heavy (non-hydrogen) atoms. The van der Waals surface area contributed by atoms with Crippen LogP contribution in [0.1, 0.15) is 55.0 Å². The lowest BCUT2D eigenvalue weighted by atomic mass is 10.1. The molecule has 1 amide bonds. The molecule has 1 aromatic carbocycles. The molecule has 0 spiro atoms. The minimum Gasteiger partial charge on any atom is -0.501 e. The predicted molar refractivity (Wildman–Crippen MR) is 113 cm³/mol. The second-order valence-electron chi connectivity index (χ2n) is 8.31. The van der Waals surface area contributed by atoms with E-state index >= 15 is 0 Å². The summed E-state index contributed by atoms with van der Waals surface area (Å²) in [5.74, 6) is -0.864. The van der Waals surface area contributed by atoms with Crippen LogP contribution in [0.3, 0.4) is 0 Å². The maximum atomic E-state index is 12.8. The van der Waals surface area contributed by atoms with E-state index in [-0.39, 0.29) is 12.2 Å². The summed E-state index contributed by atoms with van der Waals surface area (Å²) in [4.78, 5) is 32.1. The van der Waals surface area contributed by atoms with Crippen molar-refractivity contribution in [3.63, 3.8) is 0 Å². The predicted octanol–water partition coefficient (Wildman–Crippen LogP) is 2.13. The number of carbonyl (C=O) groups excluding carboxylic acids is 1. The summed E-state index contributed by atoms with van der Waals surface area (Å²) < 4.78 is 7.07. The number of anilines is 1. The number of rotatable bonds is 4. The van der Waals surface area contributed by atoms with Crippen LogP contribution in [0.4, 0.5) is 5.69 Å². The molecule has 2 aliphatic rings. The highest BCUT2D eigenvalue weighted by atomic mass is 16.5. The quantitative estimate of drug-likeness (QED) is 0.799. The maximum absolute atomic E-state index is 12.8. The first-order chi connectivity index (χ1) is 14.4. The molecule has 0 radical (unpaired) electrons. The summed E-state index contributed by atoms with van der Waals surface area (Å²) in [6.07, 6.45) is 3.57. The zero-order valence-electron chi connectivity index (χ0n) is 17.5. The lowest BCUT2D eigenvalue weighted by Gasteiger charge is -2.32. The van der Waals surface area contributed by atoms with Crippen LogP contribution in [-0.4, -0.2) is 40.3 Å². The number of amides is 1.